The van der Waals surface area contributed by atoms with Gasteiger partial charge in [-0.25, -0.2) is 0 Å². The summed E-state index contributed by atoms with van der Waals surface area (Å²) in [5, 5.41) is 1.19. The average Bonchev–Trinajstić information content (AvgIpc) is 2.39. The van der Waals surface area contributed by atoms with Crippen LogP contribution in [-0.4, -0.2) is 5.78 Å². The van der Waals surface area contributed by atoms with Crippen molar-refractivity contribution in [2.45, 2.75) is 20.5 Å². The number of ether oxygens (including phenoxy) is 1. The van der Waals surface area contributed by atoms with Crippen molar-refractivity contribution in [2.24, 2.45) is 0 Å². The van der Waals surface area contributed by atoms with Gasteiger partial charge in [-0.05, 0) is 49.7 Å². The van der Waals surface area contributed by atoms with Crippen LogP contribution in [0.5, 0.6) is 5.75 Å². The lowest BCUT2D eigenvalue weighted by Crippen LogP contribution is -2.02. The van der Waals surface area contributed by atoms with Crippen LogP contribution in [0.2, 0.25) is 10.0 Å². The van der Waals surface area contributed by atoms with Crippen LogP contribution in [0.3, 0.4) is 0 Å². The Morgan fingerprint density at radius 3 is 2.60 bits per heavy atom. The van der Waals surface area contributed by atoms with Gasteiger partial charge in [0.05, 0.1) is 5.56 Å². The molecule has 0 heterocycles. The lowest BCUT2D eigenvalue weighted by Gasteiger charge is -2.12. The first-order valence-corrected chi connectivity index (χ1v) is 6.91. The highest BCUT2D eigenvalue weighted by Gasteiger charge is 2.10. The van der Waals surface area contributed by atoms with Crippen LogP contribution in [0.15, 0.2) is 36.4 Å². The van der Waals surface area contributed by atoms with Gasteiger partial charge < -0.3 is 4.74 Å². The second-order valence-corrected chi connectivity index (χ2v) is 5.42. The van der Waals surface area contributed by atoms with Gasteiger partial charge in [0.25, 0.3) is 0 Å². The smallest absolute Gasteiger partial charge is 0.163 e. The van der Waals surface area contributed by atoms with Gasteiger partial charge in [-0.3, -0.25) is 4.79 Å². The molecule has 0 aliphatic heterocycles. The van der Waals surface area contributed by atoms with E-state index in [1.54, 1.807) is 24.3 Å². The van der Waals surface area contributed by atoms with Crippen molar-refractivity contribution in [2.75, 3.05) is 0 Å². The Morgan fingerprint density at radius 2 is 1.90 bits per heavy atom. The minimum absolute atomic E-state index is 0.0304. The number of carbonyl (C=O) groups is 1. The number of hydrogen-bond donors (Lipinski definition) is 0. The molecule has 4 heteroatoms. The van der Waals surface area contributed by atoms with Gasteiger partial charge in [0.2, 0.25) is 0 Å². The summed E-state index contributed by atoms with van der Waals surface area (Å²) in [6.45, 7) is 3.73. The number of benzene rings is 2. The van der Waals surface area contributed by atoms with Crippen LogP contribution in [0.25, 0.3) is 0 Å². The summed E-state index contributed by atoms with van der Waals surface area (Å²) in [7, 11) is 0. The number of hydrogen-bond acceptors (Lipinski definition) is 2. The average molecular weight is 309 g/mol. The molecule has 0 unspecified atom stereocenters. The summed E-state index contributed by atoms with van der Waals surface area (Å²) in [6.07, 6.45) is 0. The minimum Gasteiger partial charge on any atom is -0.488 e. The summed E-state index contributed by atoms with van der Waals surface area (Å²) in [5.74, 6) is 0.533. The van der Waals surface area contributed by atoms with Crippen LogP contribution in [-0.2, 0) is 6.61 Å². The zero-order valence-electron chi connectivity index (χ0n) is 11.2. The monoisotopic (exact) mass is 308 g/mol. The molecule has 104 valence electrons. The fourth-order valence-electron chi connectivity index (χ4n) is 1.85. The third-order valence-electron chi connectivity index (χ3n) is 2.91. The van der Waals surface area contributed by atoms with Crippen molar-refractivity contribution < 1.29 is 9.53 Å². The minimum atomic E-state index is -0.0304. The van der Waals surface area contributed by atoms with Crippen molar-refractivity contribution >= 4 is 29.0 Å². The molecule has 0 N–H and O–H groups in total. The zero-order chi connectivity index (χ0) is 14.7. The molecule has 20 heavy (non-hydrogen) atoms. The topological polar surface area (TPSA) is 26.3 Å². The number of ketones is 1. The summed E-state index contributed by atoms with van der Waals surface area (Å²) in [6, 6.07) is 10.7. The fourth-order valence-corrected chi connectivity index (χ4v) is 2.22. The number of aryl methyl sites for hydroxylation is 1. The molecule has 0 amide bonds. The Kier molecular flexibility index (Phi) is 4.69. The van der Waals surface area contributed by atoms with E-state index in [1.807, 2.05) is 19.1 Å². The Hall–Kier alpha value is -1.51. The Balaban J connectivity index is 2.24. The van der Waals surface area contributed by atoms with Crippen molar-refractivity contribution in [3.63, 3.8) is 0 Å². The Bertz CT molecular complexity index is 651. The first kappa shape index (κ1) is 14.9. The van der Waals surface area contributed by atoms with Crippen LogP contribution in [0, 0.1) is 6.92 Å². The van der Waals surface area contributed by atoms with Crippen molar-refractivity contribution in [1.82, 2.24) is 0 Å². The number of rotatable bonds is 4. The van der Waals surface area contributed by atoms with Gasteiger partial charge in [-0.15, -0.1) is 0 Å². The van der Waals surface area contributed by atoms with Crippen LogP contribution < -0.4 is 4.74 Å². The molecule has 2 rings (SSSR count). The normalized spacial score (nSPS) is 10.4. The molecule has 0 bridgehead atoms. The third-order valence-corrected chi connectivity index (χ3v) is 3.51. The first-order valence-electron chi connectivity index (χ1n) is 6.15. The van der Waals surface area contributed by atoms with Crippen molar-refractivity contribution in [3.05, 3.63) is 63.1 Å². The molecule has 0 saturated carbocycles. The third kappa shape index (κ3) is 3.53. The molecule has 2 aromatic carbocycles. The quantitative estimate of drug-likeness (QED) is 0.736. The molecule has 0 saturated heterocycles. The second kappa shape index (κ2) is 6.29. The molecule has 0 fully saturated rings. The maximum Gasteiger partial charge on any atom is 0.163 e. The second-order valence-electron chi connectivity index (χ2n) is 4.58. The van der Waals surface area contributed by atoms with E-state index in [4.69, 9.17) is 27.9 Å². The maximum atomic E-state index is 11.6. The summed E-state index contributed by atoms with van der Waals surface area (Å²) >= 11 is 12.0. The number of halogens is 2. The summed E-state index contributed by atoms with van der Waals surface area (Å²) in [4.78, 5) is 11.6. The van der Waals surface area contributed by atoms with Crippen LogP contribution in [0.4, 0.5) is 0 Å². The molecule has 0 aliphatic rings. The number of Topliss-reactive ketones (excluding diaryl/α,β-unsaturated/α-hetero) is 1. The SMILES string of the molecule is CC(=O)c1ccc(C)cc1OCc1cc(Cl)ccc1Cl. The van der Waals surface area contributed by atoms with E-state index in [9.17, 15) is 4.79 Å². The molecular weight excluding hydrogens is 295 g/mol. The largest absolute Gasteiger partial charge is 0.488 e. The Morgan fingerprint density at radius 1 is 1.15 bits per heavy atom. The highest BCUT2D eigenvalue weighted by Crippen LogP contribution is 2.25. The molecule has 0 radical (unpaired) electrons. The van der Waals surface area contributed by atoms with E-state index < -0.39 is 0 Å². The van der Waals surface area contributed by atoms with Crippen molar-refractivity contribution in [1.29, 1.82) is 0 Å². The van der Waals surface area contributed by atoms with Gasteiger partial charge in [-0.1, -0.05) is 29.3 Å². The van der Waals surface area contributed by atoms with E-state index in [1.165, 1.54) is 6.92 Å². The van der Waals surface area contributed by atoms with E-state index >= 15 is 0 Å². The molecular formula is C16H14Cl2O2. The van der Waals surface area contributed by atoms with Gasteiger partial charge in [0, 0.05) is 15.6 Å². The Labute approximate surface area is 128 Å². The lowest BCUT2D eigenvalue weighted by atomic mass is 10.1. The van der Waals surface area contributed by atoms with Crippen LogP contribution >= 0.6 is 23.2 Å². The van der Waals surface area contributed by atoms with Crippen molar-refractivity contribution in [3.8, 4) is 5.75 Å². The van der Waals surface area contributed by atoms with E-state index in [-0.39, 0.29) is 12.4 Å². The molecule has 2 aromatic rings. The predicted octanol–water partition coefficient (Wildman–Crippen LogP) is 5.08. The zero-order valence-corrected chi connectivity index (χ0v) is 12.8. The van der Waals surface area contributed by atoms with Gasteiger partial charge in [-0.2, -0.15) is 0 Å². The molecule has 0 spiro atoms. The van der Waals surface area contributed by atoms with Gasteiger partial charge in [0.1, 0.15) is 12.4 Å². The molecule has 0 atom stereocenters. The highest BCUT2D eigenvalue weighted by atomic mass is 35.5. The molecule has 0 aromatic heterocycles. The number of carbonyl (C=O) groups excluding carboxylic acids is 1. The lowest BCUT2D eigenvalue weighted by molar-refractivity contribution is 0.101. The fraction of sp³-hybridized carbons (Fsp3) is 0.188. The van der Waals surface area contributed by atoms with E-state index in [2.05, 4.69) is 0 Å². The van der Waals surface area contributed by atoms with E-state index in [0.717, 1.165) is 11.1 Å². The maximum absolute atomic E-state index is 11.6. The van der Waals surface area contributed by atoms with Gasteiger partial charge >= 0.3 is 0 Å². The highest BCUT2D eigenvalue weighted by molar-refractivity contribution is 6.33. The summed E-state index contributed by atoms with van der Waals surface area (Å²) in [5.41, 5.74) is 2.38. The van der Waals surface area contributed by atoms with E-state index in [0.29, 0.717) is 21.4 Å². The molecule has 2 nitrogen and oxygen atoms in total. The van der Waals surface area contributed by atoms with Crippen LogP contribution in [0.1, 0.15) is 28.4 Å². The summed E-state index contributed by atoms with van der Waals surface area (Å²) < 4.78 is 5.74. The predicted molar refractivity (Wildman–Crippen MR) is 82.0 cm³/mol. The van der Waals surface area contributed by atoms with Gasteiger partial charge in [0.15, 0.2) is 5.78 Å². The standard InChI is InChI=1S/C16H14Cl2O2/c1-10-3-5-14(11(2)19)16(7-10)20-9-12-8-13(17)4-6-15(12)18/h3-8H,9H2,1-2H3. The molecule has 0 aliphatic carbocycles. The first-order chi connectivity index (χ1) is 9.47.